The first-order valence-electron chi connectivity index (χ1n) is 15.3. The first-order chi connectivity index (χ1) is 21.6. The predicted molar refractivity (Wildman–Crippen MR) is 169 cm³/mol. The van der Waals surface area contributed by atoms with E-state index in [1.807, 2.05) is 51.2 Å². The molecule has 4 amide bonds. The third-order valence-electron chi connectivity index (χ3n) is 8.14. The van der Waals surface area contributed by atoms with Crippen LogP contribution in [0.3, 0.4) is 0 Å². The number of carbonyl (C=O) groups excluding carboxylic acids is 4. The van der Waals surface area contributed by atoms with E-state index in [2.05, 4.69) is 25.9 Å². The van der Waals surface area contributed by atoms with Crippen molar-refractivity contribution in [2.45, 2.75) is 58.2 Å². The number of likely N-dealkylation sites (N-methyl/N-ethyl adjacent to an activating group) is 1. The Morgan fingerprint density at radius 3 is 2.31 bits per heavy atom. The van der Waals surface area contributed by atoms with Crippen LogP contribution in [0, 0.1) is 5.82 Å². The van der Waals surface area contributed by atoms with Crippen molar-refractivity contribution in [3.05, 3.63) is 83.4 Å². The van der Waals surface area contributed by atoms with Crippen molar-refractivity contribution in [3.63, 3.8) is 0 Å². The van der Waals surface area contributed by atoms with Gasteiger partial charge in [0.05, 0.1) is 5.69 Å². The smallest absolute Gasteiger partial charge is 0.270 e. The molecule has 1 aromatic heterocycles. The molecule has 0 saturated carbocycles. The molecule has 12 heteroatoms. The molecule has 3 aromatic rings. The van der Waals surface area contributed by atoms with Gasteiger partial charge in [-0.15, -0.1) is 0 Å². The quantitative estimate of drug-likeness (QED) is 0.286. The van der Waals surface area contributed by atoms with Crippen LogP contribution in [0.5, 0.6) is 0 Å². The van der Waals surface area contributed by atoms with Crippen LogP contribution in [0.15, 0.2) is 60.8 Å². The molecule has 0 spiro atoms. The molecule has 1 aliphatic heterocycles. The predicted octanol–water partition coefficient (Wildman–Crippen LogP) is 2.79. The number of benzene rings is 2. The molecule has 1 fully saturated rings. The first kappa shape index (κ1) is 33.3. The number of halogens is 1. The first-order valence-corrected chi connectivity index (χ1v) is 15.3. The molecule has 1 aliphatic rings. The van der Waals surface area contributed by atoms with E-state index in [1.54, 1.807) is 24.0 Å². The van der Waals surface area contributed by atoms with Crippen LogP contribution in [0.2, 0.25) is 0 Å². The molecule has 3 atom stereocenters. The maximum atomic E-state index is 15.5. The number of hydrogen-bond donors (Lipinski definition) is 3. The zero-order chi connectivity index (χ0) is 32.5. The Kier molecular flexibility index (Phi) is 11.4. The van der Waals surface area contributed by atoms with Crippen LogP contribution in [0.4, 0.5) is 10.1 Å². The summed E-state index contributed by atoms with van der Waals surface area (Å²) in [5.41, 5.74) is 1.55. The van der Waals surface area contributed by atoms with Gasteiger partial charge in [-0.05, 0) is 43.3 Å². The monoisotopic (exact) mass is 619 g/mol. The van der Waals surface area contributed by atoms with Gasteiger partial charge in [-0.25, -0.2) is 4.39 Å². The van der Waals surface area contributed by atoms with Crippen LogP contribution in [0.25, 0.3) is 0 Å². The van der Waals surface area contributed by atoms with E-state index < -0.39 is 35.6 Å². The van der Waals surface area contributed by atoms with E-state index >= 15 is 4.39 Å². The Morgan fingerprint density at radius 2 is 1.67 bits per heavy atom. The van der Waals surface area contributed by atoms with Crippen molar-refractivity contribution >= 4 is 29.3 Å². The minimum absolute atomic E-state index is 0.0681. The Morgan fingerprint density at radius 1 is 0.956 bits per heavy atom. The number of aryl methyl sites for hydroxylation is 1. The highest BCUT2D eigenvalue weighted by Gasteiger charge is 2.31. The van der Waals surface area contributed by atoms with Gasteiger partial charge in [-0.1, -0.05) is 50.2 Å². The third kappa shape index (κ3) is 8.53. The molecule has 0 aliphatic carbocycles. The number of aromatic nitrogens is 2. The molecule has 45 heavy (non-hydrogen) atoms. The fraction of sp³-hybridized carbons (Fsp3) is 0.424. The van der Waals surface area contributed by atoms with Gasteiger partial charge in [0, 0.05) is 57.7 Å². The summed E-state index contributed by atoms with van der Waals surface area (Å²) in [5.74, 6) is -2.69. The van der Waals surface area contributed by atoms with Crippen LogP contribution in [-0.2, 0) is 27.3 Å². The number of amides is 4. The van der Waals surface area contributed by atoms with Crippen molar-refractivity contribution in [1.29, 1.82) is 0 Å². The second-order valence-corrected chi connectivity index (χ2v) is 11.3. The summed E-state index contributed by atoms with van der Waals surface area (Å²) in [7, 11) is 1.99. The fourth-order valence-corrected chi connectivity index (χ4v) is 5.34. The van der Waals surface area contributed by atoms with E-state index in [-0.39, 0.29) is 30.3 Å². The molecule has 240 valence electrons. The zero-order valence-electron chi connectivity index (χ0n) is 26.3. The van der Waals surface area contributed by atoms with E-state index in [9.17, 15) is 19.2 Å². The minimum atomic E-state index is -1.03. The summed E-state index contributed by atoms with van der Waals surface area (Å²) in [4.78, 5) is 56.3. The molecule has 4 rings (SSSR count). The molecule has 2 heterocycles. The lowest BCUT2D eigenvalue weighted by molar-refractivity contribution is -0.137. The Bertz CT molecular complexity index is 1490. The zero-order valence-corrected chi connectivity index (χ0v) is 26.3. The summed E-state index contributed by atoms with van der Waals surface area (Å²) in [6, 6.07) is 13.3. The SMILES string of the molecule is CCC(=O)N[C@H](Cc1ccc(NC(=O)C(NC(=O)c2ccnn2CC)[C@@H](C)c2ccccc2)c(F)c1)C(=O)N1CCN(C)CC1. The Balaban J connectivity index is 1.52. The van der Waals surface area contributed by atoms with Crippen LogP contribution >= 0.6 is 0 Å². The number of anilines is 1. The Labute approximate surface area is 263 Å². The molecule has 0 bridgehead atoms. The van der Waals surface area contributed by atoms with E-state index in [0.29, 0.717) is 30.9 Å². The number of carbonyl (C=O) groups is 4. The molecule has 1 saturated heterocycles. The second-order valence-electron chi connectivity index (χ2n) is 11.3. The highest BCUT2D eigenvalue weighted by Crippen LogP contribution is 2.23. The largest absolute Gasteiger partial charge is 0.344 e. The molecule has 0 radical (unpaired) electrons. The van der Waals surface area contributed by atoms with Gasteiger partial charge in [0.2, 0.25) is 17.7 Å². The molecular formula is C33H42FN7O4. The molecule has 1 unspecified atom stereocenters. The number of rotatable bonds is 12. The standard InChI is InChI=1S/C33H42FN7O4/c1-5-29(42)36-27(33(45)40-18-16-39(4)17-19-40)21-23-12-13-26(25(34)20-23)37-32(44)30(22(3)24-10-8-7-9-11-24)38-31(43)28-14-15-35-41(28)6-2/h7-15,20,22,27,30H,5-6,16-19,21H2,1-4H3,(H,36,42)(H,37,44)(H,38,43)/t22-,27+,30?/m0/s1. The molecule has 3 N–H and O–H groups in total. The Hall–Kier alpha value is -4.58. The van der Waals surface area contributed by atoms with E-state index in [1.165, 1.54) is 23.0 Å². The normalized spacial score (nSPS) is 15.5. The molecule has 11 nitrogen and oxygen atoms in total. The third-order valence-corrected chi connectivity index (χ3v) is 8.14. The summed E-state index contributed by atoms with van der Waals surface area (Å²) in [6.45, 7) is 8.42. The highest BCUT2D eigenvalue weighted by molar-refractivity contribution is 6.01. The summed E-state index contributed by atoms with van der Waals surface area (Å²) in [6.07, 6.45) is 1.82. The van der Waals surface area contributed by atoms with E-state index in [0.717, 1.165) is 18.7 Å². The maximum Gasteiger partial charge on any atom is 0.270 e. The van der Waals surface area contributed by atoms with Crippen molar-refractivity contribution < 1.29 is 23.6 Å². The van der Waals surface area contributed by atoms with Crippen molar-refractivity contribution in [3.8, 4) is 0 Å². The topological polar surface area (TPSA) is 129 Å². The minimum Gasteiger partial charge on any atom is -0.344 e. The maximum absolute atomic E-state index is 15.5. The van der Waals surface area contributed by atoms with Gasteiger partial charge < -0.3 is 25.8 Å². The lowest BCUT2D eigenvalue weighted by Crippen LogP contribution is -2.54. The van der Waals surface area contributed by atoms with Crippen molar-refractivity contribution in [2.75, 3.05) is 38.5 Å². The molecular weight excluding hydrogens is 577 g/mol. The highest BCUT2D eigenvalue weighted by atomic mass is 19.1. The van der Waals surface area contributed by atoms with Gasteiger partial charge in [-0.2, -0.15) is 5.10 Å². The average molecular weight is 620 g/mol. The second kappa shape index (κ2) is 15.4. The van der Waals surface area contributed by atoms with Crippen molar-refractivity contribution in [2.24, 2.45) is 0 Å². The molecule has 2 aromatic carbocycles. The number of nitrogens with zero attached hydrogens (tertiary/aromatic N) is 4. The van der Waals surface area contributed by atoms with Gasteiger partial charge >= 0.3 is 0 Å². The van der Waals surface area contributed by atoms with Crippen LogP contribution in [0.1, 0.15) is 54.7 Å². The van der Waals surface area contributed by atoms with Crippen LogP contribution < -0.4 is 16.0 Å². The summed E-state index contributed by atoms with van der Waals surface area (Å²) in [5, 5.41) is 12.4. The summed E-state index contributed by atoms with van der Waals surface area (Å²) >= 11 is 0. The van der Waals surface area contributed by atoms with Crippen molar-refractivity contribution in [1.82, 2.24) is 30.2 Å². The fourth-order valence-electron chi connectivity index (χ4n) is 5.34. The number of nitrogens with one attached hydrogen (secondary N) is 3. The number of piperazine rings is 1. The van der Waals surface area contributed by atoms with Gasteiger partial charge in [0.1, 0.15) is 23.6 Å². The lowest BCUT2D eigenvalue weighted by atomic mass is 9.92. The lowest BCUT2D eigenvalue weighted by Gasteiger charge is -2.34. The van der Waals surface area contributed by atoms with Gasteiger partial charge in [0.15, 0.2) is 0 Å². The average Bonchev–Trinajstić information content (AvgIpc) is 3.54. The van der Waals surface area contributed by atoms with E-state index in [4.69, 9.17) is 0 Å². The van der Waals surface area contributed by atoms with Gasteiger partial charge in [0.25, 0.3) is 5.91 Å². The van der Waals surface area contributed by atoms with Crippen LogP contribution in [-0.4, -0.2) is 88.5 Å². The summed E-state index contributed by atoms with van der Waals surface area (Å²) < 4.78 is 17.0. The van der Waals surface area contributed by atoms with Gasteiger partial charge in [-0.3, -0.25) is 23.9 Å². The number of hydrogen-bond acceptors (Lipinski definition) is 6.